The van der Waals surface area contributed by atoms with E-state index < -0.39 is 0 Å². The summed E-state index contributed by atoms with van der Waals surface area (Å²) in [5.41, 5.74) is 2.45. The number of amidine groups is 1. The van der Waals surface area contributed by atoms with Crippen molar-refractivity contribution in [2.75, 3.05) is 7.11 Å². The molecule has 4 nitrogen and oxygen atoms in total. The van der Waals surface area contributed by atoms with E-state index in [4.69, 9.17) is 4.74 Å². The van der Waals surface area contributed by atoms with Crippen molar-refractivity contribution in [3.63, 3.8) is 0 Å². The first-order valence-electron chi connectivity index (χ1n) is 7.42. The number of carbonyl (C=O) groups excluding carboxylic acids is 1. The molecule has 1 aliphatic rings. The van der Waals surface area contributed by atoms with Crippen LogP contribution in [0.25, 0.3) is 6.08 Å². The lowest BCUT2D eigenvalue weighted by atomic mass is 10.00. The molecule has 0 fully saturated rings. The van der Waals surface area contributed by atoms with Crippen molar-refractivity contribution in [1.82, 2.24) is 5.32 Å². The summed E-state index contributed by atoms with van der Waals surface area (Å²) in [5.74, 6) is 1.55. The van der Waals surface area contributed by atoms with E-state index in [1.807, 2.05) is 35.7 Å². The van der Waals surface area contributed by atoms with Crippen LogP contribution in [0.5, 0.6) is 5.75 Å². The van der Waals surface area contributed by atoms with Crippen molar-refractivity contribution >= 4 is 29.2 Å². The SMILES string of the molecule is COc1ccc(C(C)C)cc1/C=C1\N=C(c2cccs2)NC1=O. The van der Waals surface area contributed by atoms with Crippen molar-refractivity contribution in [3.8, 4) is 5.75 Å². The van der Waals surface area contributed by atoms with Crippen LogP contribution in [0.1, 0.15) is 35.8 Å². The van der Waals surface area contributed by atoms with Crippen molar-refractivity contribution in [2.45, 2.75) is 19.8 Å². The predicted molar refractivity (Wildman–Crippen MR) is 94.1 cm³/mol. The average molecular weight is 326 g/mol. The zero-order chi connectivity index (χ0) is 16.4. The Bertz CT molecular complexity index is 789. The third-order valence-electron chi connectivity index (χ3n) is 3.66. The molecule has 1 aromatic carbocycles. The van der Waals surface area contributed by atoms with Crippen LogP contribution in [0.3, 0.4) is 0 Å². The van der Waals surface area contributed by atoms with Crippen LogP contribution in [0.4, 0.5) is 0 Å². The van der Waals surface area contributed by atoms with Gasteiger partial charge in [0.05, 0.1) is 12.0 Å². The molecule has 118 valence electrons. The second-order valence-electron chi connectivity index (χ2n) is 5.58. The number of rotatable bonds is 4. The Morgan fingerprint density at radius 3 is 2.78 bits per heavy atom. The number of methoxy groups -OCH3 is 1. The lowest BCUT2D eigenvalue weighted by molar-refractivity contribution is -0.115. The maximum atomic E-state index is 12.2. The van der Waals surface area contributed by atoms with Gasteiger partial charge in [-0.25, -0.2) is 4.99 Å². The molecule has 1 N–H and O–H groups in total. The monoisotopic (exact) mass is 326 g/mol. The number of hydrogen-bond acceptors (Lipinski definition) is 4. The molecule has 23 heavy (non-hydrogen) atoms. The first-order chi connectivity index (χ1) is 11.1. The summed E-state index contributed by atoms with van der Waals surface area (Å²) in [6, 6.07) is 9.89. The molecule has 1 amide bonds. The Morgan fingerprint density at radius 1 is 1.30 bits per heavy atom. The third-order valence-corrected chi connectivity index (χ3v) is 4.54. The van der Waals surface area contributed by atoms with Gasteiger partial charge in [0.25, 0.3) is 5.91 Å². The smallest absolute Gasteiger partial charge is 0.275 e. The van der Waals surface area contributed by atoms with Crippen molar-refractivity contribution in [1.29, 1.82) is 0 Å². The molecule has 0 atom stereocenters. The summed E-state index contributed by atoms with van der Waals surface area (Å²) in [7, 11) is 1.63. The summed E-state index contributed by atoms with van der Waals surface area (Å²) in [6.07, 6.45) is 1.78. The van der Waals surface area contributed by atoms with E-state index in [2.05, 4.69) is 24.2 Å². The van der Waals surface area contributed by atoms with Gasteiger partial charge in [-0.3, -0.25) is 4.79 Å². The maximum absolute atomic E-state index is 12.2. The molecule has 1 aliphatic heterocycles. The fraction of sp³-hybridized carbons (Fsp3) is 0.222. The van der Waals surface area contributed by atoms with E-state index in [1.54, 1.807) is 24.5 Å². The number of nitrogens with one attached hydrogen (secondary N) is 1. The van der Waals surface area contributed by atoms with Crippen LogP contribution in [0.2, 0.25) is 0 Å². The van der Waals surface area contributed by atoms with Crippen molar-refractivity contribution in [3.05, 3.63) is 57.4 Å². The van der Waals surface area contributed by atoms with E-state index >= 15 is 0 Å². The number of thiophene rings is 1. The second kappa shape index (κ2) is 6.38. The maximum Gasteiger partial charge on any atom is 0.275 e. The van der Waals surface area contributed by atoms with Gasteiger partial charge in [-0.15, -0.1) is 11.3 Å². The molecule has 0 saturated carbocycles. The zero-order valence-electron chi connectivity index (χ0n) is 13.3. The summed E-state index contributed by atoms with van der Waals surface area (Å²) in [5, 5.41) is 4.77. The lowest BCUT2D eigenvalue weighted by Gasteiger charge is -2.10. The molecule has 1 aromatic heterocycles. The first kappa shape index (κ1) is 15.5. The number of aliphatic imine (C=N–C) groups is 1. The molecule has 0 unspecified atom stereocenters. The van der Waals surface area contributed by atoms with Gasteiger partial charge in [0, 0.05) is 5.56 Å². The first-order valence-corrected chi connectivity index (χ1v) is 8.30. The molecular formula is C18H18N2O2S. The van der Waals surface area contributed by atoms with Crippen LogP contribution in [0, 0.1) is 0 Å². The number of hydrogen-bond donors (Lipinski definition) is 1. The average Bonchev–Trinajstić information content (AvgIpc) is 3.17. The van der Waals surface area contributed by atoms with Gasteiger partial charge in [0.15, 0.2) is 5.84 Å². The lowest BCUT2D eigenvalue weighted by Crippen LogP contribution is -2.23. The fourth-order valence-corrected chi connectivity index (χ4v) is 3.04. The highest BCUT2D eigenvalue weighted by Crippen LogP contribution is 2.27. The fourth-order valence-electron chi connectivity index (χ4n) is 2.37. The zero-order valence-corrected chi connectivity index (χ0v) is 14.1. The van der Waals surface area contributed by atoms with E-state index in [0.29, 0.717) is 17.5 Å². The molecule has 0 saturated heterocycles. The Hall–Kier alpha value is -2.40. The molecule has 0 radical (unpaired) electrons. The standard InChI is InChI=1S/C18H18N2O2S/c1-11(2)12-6-7-15(22-3)13(9-12)10-14-18(21)20-17(19-14)16-5-4-8-23-16/h4-11H,1-3H3,(H,19,20,21)/b14-10-. The van der Waals surface area contributed by atoms with Gasteiger partial charge in [-0.05, 0) is 41.1 Å². The highest BCUT2D eigenvalue weighted by Gasteiger charge is 2.22. The number of ether oxygens (including phenoxy) is 1. The van der Waals surface area contributed by atoms with Crippen molar-refractivity contribution in [2.24, 2.45) is 4.99 Å². The number of benzene rings is 1. The Kier molecular flexibility index (Phi) is 4.30. The molecule has 2 aromatic rings. The molecule has 3 rings (SSSR count). The van der Waals surface area contributed by atoms with Crippen LogP contribution in [0.15, 0.2) is 46.4 Å². The van der Waals surface area contributed by atoms with Crippen LogP contribution >= 0.6 is 11.3 Å². The quantitative estimate of drug-likeness (QED) is 0.869. The van der Waals surface area contributed by atoms with Crippen LogP contribution in [-0.2, 0) is 4.79 Å². The summed E-state index contributed by atoms with van der Waals surface area (Å²) < 4.78 is 5.40. The van der Waals surface area contributed by atoms with Gasteiger partial charge in [-0.1, -0.05) is 26.0 Å². The molecule has 2 heterocycles. The van der Waals surface area contributed by atoms with Crippen LogP contribution in [-0.4, -0.2) is 18.9 Å². The number of carbonyl (C=O) groups is 1. The minimum absolute atomic E-state index is 0.189. The molecule has 5 heteroatoms. The Labute approximate surface area is 139 Å². The molecular weight excluding hydrogens is 308 g/mol. The van der Waals surface area contributed by atoms with E-state index in [9.17, 15) is 4.79 Å². The van der Waals surface area contributed by atoms with Crippen molar-refractivity contribution < 1.29 is 9.53 Å². The minimum atomic E-state index is -0.189. The van der Waals surface area contributed by atoms with Gasteiger partial charge in [-0.2, -0.15) is 0 Å². The Balaban J connectivity index is 2.00. The largest absolute Gasteiger partial charge is 0.496 e. The second-order valence-corrected chi connectivity index (χ2v) is 6.53. The van der Waals surface area contributed by atoms with E-state index in [1.165, 1.54) is 5.56 Å². The van der Waals surface area contributed by atoms with Gasteiger partial charge in [0.2, 0.25) is 0 Å². The summed E-state index contributed by atoms with van der Waals surface area (Å²) in [4.78, 5) is 17.5. The Morgan fingerprint density at radius 2 is 2.13 bits per heavy atom. The highest BCUT2D eigenvalue weighted by molar-refractivity contribution is 7.12. The molecule has 0 bridgehead atoms. The van der Waals surface area contributed by atoms with Gasteiger partial charge >= 0.3 is 0 Å². The molecule has 0 spiro atoms. The third kappa shape index (κ3) is 3.19. The minimum Gasteiger partial charge on any atom is -0.496 e. The normalized spacial score (nSPS) is 15.9. The predicted octanol–water partition coefficient (Wildman–Crippen LogP) is 3.80. The van der Waals surface area contributed by atoms with E-state index in [-0.39, 0.29) is 5.91 Å². The number of nitrogens with zero attached hydrogens (tertiary/aromatic N) is 1. The number of amides is 1. The topological polar surface area (TPSA) is 50.7 Å². The van der Waals surface area contributed by atoms with Crippen LogP contribution < -0.4 is 10.1 Å². The molecule has 0 aliphatic carbocycles. The van der Waals surface area contributed by atoms with Gasteiger partial charge < -0.3 is 10.1 Å². The van der Waals surface area contributed by atoms with Gasteiger partial charge in [0.1, 0.15) is 11.4 Å². The highest BCUT2D eigenvalue weighted by atomic mass is 32.1. The summed E-state index contributed by atoms with van der Waals surface area (Å²) in [6.45, 7) is 4.27. The van der Waals surface area contributed by atoms with E-state index in [0.717, 1.165) is 16.2 Å². The summed E-state index contributed by atoms with van der Waals surface area (Å²) >= 11 is 1.55.